The molecule has 4 N–H and O–H groups in total. The van der Waals surface area contributed by atoms with Gasteiger partial charge >= 0.3 is 0 Å². The predicted molar refractivity (Wildman–Crippen MR) is 174 cm³/mol. The fourth-order valence-electron chi connectivity index (χ4n) is 5.95. The summed E-state index contributed by atoms with van der Waals surface area (Å²) in [5.74, 6) is -1.00. The first-order chi connectivity index (χ1) is 21.7. The Kier molecular flexibility index (Phi) is 11.8. The van der Waals surface area contributed by atoms with Gasteiger partial charge in [-0.3, -0.25) is 19.2 Å². The summed E-state index contributed by atoms with van der Waals surface area (Å²) in [6, 6.07) is 13.6. The number of hydrogen-bond donors (Lipinski definition) is 4. The Morgan fingerprint density at radius 1 is 1.00 bits per heavy atom. The second-order valence-electron chi connectivity index (χ2n) is 12.1. The highest BCUT2D eigenvalue weighted by molar-refractivity contribution is 5.96. The molecule has 1 saturated heterocycles. The van der Waals surface area contributed by atoms with Crippen molar-refractivity contribution in [2.45, 2.75) is 83.6 Å². The standard InChI is InChI=1S/C35H47N5O5/c1-6-22(3)29(36-5)33(42)38-27(21-25-11-9-8-10-12-25)35(44)40-20-18-28-31(40)34(43)39-30(23(4)7-2)32(41)37-19-17-24-13-15-26(45-28)16-14-24/h8-17,19,22-23,27-31,36H,6-7,18,20-21H2,1-5H3,(H,37,41)(H,38,42)(H,39,43)/b19-17-/t22?,23?,27?,28-,29?,30-,31?/m0/s1. The first-order valence-electron chi connectivity index (χ1n) is 16.0. The molecule has 0 radical (unpaired) electrons. The van der Waals surface area contributed by atoms with E-state index in [0.717, 1.165) is 17.5 Å². The van der Waals surface area contributed by atoms with Crippen molar-refractivity contribution in [1.29, 1.82) is 0 Å². The molecule has 1 fully saturated rings. The first kappa shape index (κ1) is 33.7. The zero-order valence-electron chi connectivity index (χ0n) is 26.9. The summed E-state index contributed by atoms with van der Waals surface area (Å²) in [6.45, 7) is 8.12. The monoisotopic (exact) mass is 617 g/mol. The topological polar surface area (TPSA) is 129 Å². The molecular formula is C35H47N5O5. The first-order valence-corrected chi connectivity index (χ1v) is 16.0. The van der Waals surface area contributed by atoms with Gasteiger partial charge in [0.1, 0.15) is 30.0 Å². The number of likely N-dealkylation sites (N-methyl/N-ethyl adjacent to an activating group) is 1. The molecule has 10 heteroatoms. The van der Waals surface area contributed by atoms with Crippen LogP contribution >= 0.6 is 0 Å². The summed E-state index contributed by atoms with van der Waals surface area (Å²) in [7, 11) is 1.73. The molecule has 5 unspecified atom stereocenters. The summed E-state index contributed by atoms with van der Waals surface area (Å²) in [6.07, 6.45) is 4.79. The van der Waals surface area contributed by atoms with Crippen molar-refractivity contribution >= 4 is 29.7 Å². The largest absolute Gasteiger partial charge is 0.488 e. The third-order valence-corrected chi connectivity index (χ3v) is 9.06. The Morgan fingerprint density at radius 3 is 2.36 bits per heavy atom. The van der Waals surface area contributed by atoms with E-state index in [2.05, 4.69) is 21.3 Å². The van der Waals surface area contributed by atoms with Gasteiger partial charge in [-0.1, -0.05) is 83.0 Å². The molecule has 45 heavy (non-hydrogen) atoms. The molecule has 0 aliphatic carbocycles. The number of amides is 4. The maximum absolute atomic E-state index is 14.4. The third-order valence-electron chi connectivity index (χ3n) is 9.06. The van der Waals surface area contributed by atoms with Crippen LogP contribution in [0, 0.1) is 11.8 Å². The van der Waals surface area contributed by atoms with Crippen molar-refractivity contribution in [1.82, 2.24) is 26.2 Å². The lowest BCUT2D eigenvalue weighted by Gasteiger charge is -2.33. The number of benzene rings is 2. The predicted octanol–water partition coefficient (Wildman–Crippen LogP) is 3.03. The van der Waals surface area contributed by atoms with Crippen LogP contribution in [0.3, 0.4) is 0 Å². The van der Waals surface area contributed by atoms with Crippen LogP contribution in [-0.4, -0.2) is 72.4 Å². The van der Waals surface area contributed by atoms with Crippen molar-refractivity contribution in [2.75, 3.05) is 13.6 Å². The number of hydrogen-bond acceptors (Lipinski definition) is 6. The van der Waals surface area contributed by atoms with Gasteiger partial charge in [-0.15, -0.1) is 0 Å². The van der Waals surface area contributed by atoms with Crippen LogP contribution in [0.2, 0.25) is 0 Å². The van der Waals surface area contributed by atoms with E-state index >= 15 is 0 Å². The van der Waals surface area contributed by atoms with Gasteiger partial charge in [0.05, 0.1) is 6.04 Å². The molecule has 2 aromatic carbocycles. The van der Waals surface area contributed by atoms with Gasteiger partial charge in [0, 0.05) is 25.6 Å². The quantitative estimate of drug-likeness (QED) is 0.325. The van der Waals surface area contributed by atoms with E-state index in [1.165, 1.54) is 4.90 Å². The van der Waals surface area contributed by atoms with Crippen molar-refractivity contribution in [3.05, 3.63) is 71.9 Å². The highest BCUT2D eigenvalue weighted by Crippen LogP contribution is 2.27. The number of fused-ring (bicyclic) bond motifs is 7. The lowest BCUT2D eigenvalue weighted by molar-refractivity contribution is -0.144. The summed E-state index contributed by atoms with van der Waals surface area (Å²) in [5, 5.41) is 11.8. The van der Waals surface area contributed by atoms with Crippen LogP contribution in [0.5, 0.6) is 5.75 Å². The smallest absolute Gasteiger partial charge is 0.247 e. The summed E-state index contributed by atoms with van der Waals surface area (Å²) in [5.41, 5.74) is 1.75. The van der Waals surface area contributed by atoms with E-state index < -0.39 is 36.2 Å². The Morgan fingerprint density at radius 2 is 1.71 bits per heavy atom. The second-order valence-corrected chi connectivity index (χ2v) is 12.1. The lowest BCUT2D eigenvalue weighted by atomic mass is 9.97. The van der Waals surface area contributed by atoms with Gasteiger partial charge in [-0.05, 0) is 48.2 Å². The van der Waals surface area contributed by atoms with Crippen molar-refractivity contribution in [2.24, 2.45) is 11.8 Å². The van der Waals surface area contributed by atoms with Crippen LogP contribution in [0.25, 0.3) is 6.08 Å². The molecule has 4 amide bonds. The highest BCUT2D eigenvalue weighted by atomic mass is 16.5. The normalized spacial score (nSPS) is 23.3. The van der Waals surface area contributed by atoms with E-state index in [0.29, 0.717) is 18.6 Å². The number of likely N-dealkylation sites (tertiary alicyclic amines) is 1. The Hall–Kier alpha value is -4.18. The Bertz CT molecular complexity index is 1350. The molecule has 3 heterocycles. The van der Waals surface area contributed by atoms with Gasteiger partial charge in [0.2, 0.25) is 23.6 Å². The molecule has 0 saturated carbocycles. The van der Waals surface area contributed by atoms with Crippen LogP contribution in [-0.2, 0) is 25.6 Å². The van der Waals surface area contributed by atoms with Crippen LogP contribution < -0.4 is 26.0 Å². The number of carbonyl (C=O) groups is 4. The Labute approximate surface area is 266 Å². The van der Waals surface area contributed by atoms with E-state index in [1.54, 1.807) is 31.5 Å². The second kappa shape index (κ2) is 15.7. The molecule has 7 atom stereocenters. The molecule has 0 aromatic heterocycles. The van der Waals surface area contributed by atoms with Crippen LogP contribution in [0.4, 0.5) is 0 Å². The van der Waals surface area contributed by atoms with Gasteiger partial charge in [0.15, 0.2) is 0 Å². The van der Waals surface area contributed by atoms with Gasteiger partial charge in [0.25, 0.3) is 0 Å². The zero-order chi connectivity index (χ0) is 32.5. The number of carbonyl (C=O) groups excluding carboxylic acids is 4. The molecule has 2 aromatic rings. The fourth-order valence-corrected chi connectivity index (χ4v) is 5.95. The molecule has 5 rings (SSSR count). The van der Waals surface area contributed by atoms with E-state index in [9.17, 15) is 19.2 Å². The van der Waals surface area contributed by atoms with E-state index in [4.69, 9.17) is 4.74 Å². The van der Waals surface area contributed by atoms with Crippen molar-refractivity contribution in [3.8, 4) is 5.75 Å². The van der Waals surface area contributed by atoms with E-state index in [1.807, 2.05) is 70.2 Å². The number of nitrogens with zero attached hydrogens (tertiary/aromatic N) is 1. The summed E-state index contributed by atoms with van der Waals surface area (Å²) >= 11 is 0. The number of nitrogens with one attached hydrogen (secondary N) is 4. The van der Waals surface area contributed by atoms with Gasteiger partial charge < -0.3 is 30.9 Å². The zero-order valence-corrected chi connectivity index (χ0v) is 26.9. The molecule has 3 aliphatic heterocycles. The summed E-state index contributed by atoms with van der Waals surface area (Å²) in [4.78, 5) is 56.8. The van der Waals surface area contributed by atoms with Gasteiger partial charge in [-0.25, -0.2) is 0 Å². The summed E-state index contributed by atoms with van der Waals surface area (Å²) < 4.78 is 6.34. The minimum absolute atomic E-state index is 0.0438. The average molecular weight is 618 g/mol. The minimum atomic E-state index is -1.01. The highest BCUT2D eigenvalue weighted by Gasteiger charge is 2.46. The average Bonchev–Trinajstić information content (AvgIpc) is 3.47. The number of rotatable bonds is 10. The lowest BCUT2D eigenvalue weighted by Crippen LogP contribution is -2.61. The molecule has 242 valence electrons. The maximum Gasteiger partial charge on any atom is 0.247 e. The van der Waals surface area contributed by atoms with Crippen molar-refractivity contribution in [3.63, 3.8) is 0 Å². The maximum atomic E-state index is 14.4. The van der Waals surface area contributed by atoms with Crippen molar-refractivity contribution < 1.29 is 23.9 Å². The third kappa shape index (κ3) is 8.30. The number of ether oxygens (including phenoxy) is 1. The SMILES string of the molecule is CCC(C)C(NC)C(=O)NC(Cc1ccccc1)C(=O)N1CC[C@@H]2Oc3ccc(cc3)/C=C\NC(=O)[C@H](C(C)CC)NC(=O)C21. The fraction of sp³-hybridized carbons (Fsp3) is 0.486. The molecule has 2 bridgehead atoms. The molecular weight excluding hydrogens is 570 g/mol. The minimum Gasteiger partial charge on any atom is -0.488 e. The molecule has 10 nitrogen and oxygen atoms in total. The van der Waals surface area contributed by atoms with Crippen LogP contribution in [0.1, 0.15) is 58.1 Å². The van der Waals surface area contributed by atoms with Gasteiger partial charge in [-0.2, -0.15) is 0 Å². The Balaban J connectivity index is 1.69. The van der Waals surface area contributed by atoms with Crippen LogP contribution in [0.15, 0.2) is 60.8 Å². The molecule has 0 spiro atoms. The molecule has 3 aliphatic rings. The van der Waals surface area contributed by atoms with E-state index in [-0.39, 0.29) is 42.5 Å².